The summed E-state index contributed by atoms with van der Waals surface area (Å²) in [6.07, 6.45) is 4.21. The molecule has 0 heterocycles. The second kappa shape index (κ2) is 9.46. The number of hydrogen-bond acceptors (Lipinski definition) is 5. The highest BCUT2D eigenvalue weighted by molar-refractivity contribution is 7.89. The Bertz CT molecular complexity index is 630. The maximum absolute atomic E-state index is 11.8. The molecule has 1 rings (SSSR count). The Morgan fingerprint density at radius 3 is 2.08 bits per heavy atom. The van der Waals surface area contributed by atoms with Gasteiger partial charge in [-0.2, -0.15) is 0 Å². The molecule has 0 spiro atoms. The first kappa shape index (κ1) is 21.0. The molecule has 0 saturated carbocycles. The van der Waals surface area contributed by atoms with Crippen LogP contribution in [0.4, 0.5) is 11.4 Å². The summed E-state index contributed by atoms with van der Waals surface area (Å²) in [5, 5.41) is 6.91. The summed E-state index contributed by atoms with van der Waals surface area (Å²) in [4.78, 5) is 7.39. The van der Waals surface area contributed by atoms with E-state index in [1.54, 1.807) is 13.1 Å². The van der Waals surface area contributed by atoms with Gasteiger partial charge in [0, 0.05) is 20.1 Å². The molecule has 0 aliphatic carbocycles. The van der Waals surface area contributed by atoms with Gasteiger partial charge in [-0.05, 0) is 25.0 Å². The summed E-state index contributed by atoms with van der Waals surface area (Å²) in [5.74, 6) is 0. The van der Waals surface area contributed by atoms with Gasteiger partial charge in [0.15, 0.2) is 0 Å². The fourth-order valence-electron chi connectivity index (χ4n) is 2.40. The summed E-state index contributed by atoms with van der Waals surface area (Å²) in [7, 11) is -0.662. The highest BCUT2D eigenvalue weighted by Gasteiger charge is 2.21. The normalized spacial score (nSPS) is 11.6. The van der Waals surface area contributed by atoms with E-state index in [4.69, 9.17) is 21.6 Å². The second-order valence-electron chi connectivity index (χ2n) is 5.69. The minimum Gasteiger partial charge on any atom is -0.370 e. The van der Waals surface area contributed by atoms with Gasteiger partial charge >= 0.3 is 0 Å². The SMILES string of the molecule is CCCCN(CCCC)c1cc(Cl)c(S(N)(=O)=O)cc1N(C)OC. The molecule has 1 aromatic rings. The van der Waals surface area contributed by atoms with Crippen LogP contribution in [0.2, 0.25) is 5.02 Å². The largest absolute Gasteiger partial charge is 0.370 e. The van der Waals surface area contributed by atoms with Crippen LogP contribution >= 0.6 is 11.6 Å². The number of nitrogens with two attached hydrogens (primary N) is 1. The smallest absolute Gasteiger partial charge is 0.239 e. The molecule has 0 bridgehead atoms. The average molecular weight is 378 g/mol. The number of halogens is 1. The number of hydrogen-bond donors (Lipinski definition) is 1. The molecule has 24 heavy (non-hydrogen) atoms. The summed E-state index contributed by atoms with van der Waals surface area (Å²) in [6, 6.07) is 3.14. The number of sulfonamides is 1. The Kier molecular flexibility index (Phi) is 8.29. The van der Waals surface area contributed by atoms with E-state index in [9.17, 15) is 8.42 Å². The molecule has 0 radical (unpaired) electrons. The molecule has 138 valence electrons. The number of unbranched alkanes of at least 4 members (excludes halogenated alkanes) is 2. The van der Waals surface area contributed by atoms with E-state index in [0.717, 1.165) is 44.5 Å². The van der Waals surface area contributed by atoms with Crippen LogP contribution < -0.4 is 15.1 Å². The Morgan fingerprint density at radius 2 is 1.67 bits per heavy atom. The molecular weight excluding hydrogens is 350 g/mol. The van der Waals surface area contributed by atoms with Crippen LogP contribution in [-0.2, 0) is 14.9 Å². The molecule has 2 N–H and O–H groups in total. The van der Waals surface area contributed by atoms with Gasteiger partial charge in [-0.3, -0.25) is 9.90 Å². The van der Waals surface area contributed by atoms with E-state index >= 15 is 0 Å². The van der Waals surface area contributed by atoms with Crippen LogP contribution in [0.1, 0.15) is 39.5 Å². The van der Waals surface area contributed by atoms with E-state index in [0.29, 0.717) is 5.69 Å². The lowest BCUT2D eigenvalue weighted by atomic mass is 10.2. The topological polar surface area (TPSA) is 75.9 Å². The van der Waals surface area contributed by atoms with Crippen molar-refractivity contribution in [2.75, 3.05) is 37.2 Å². The minimum atomic E-state index is -3.91. The van der Waals surface area contributed by atoms with Gasteiger partial charge in [-0.15, -0.1) is 0 Å². The van der Waals surface area contributed by atoms with Crippen LogP contribution in [0.25, 0.3) is 0 Å². The summed E-state index contributed by atoms with van der Waals surface area (Å²) < 4.78 is 23.5. The highest BCUT2D eigenvalue weighted by atomic mass is 35.5. The van der Waals surface area contributed by atoms with E-state index in [-0.39, 0.29) is 9.92 Å². The van der Waals surface area contributed by atoms with Crippen molar-refractivity contribution in [3.05, 3.63) is 17.2 Å². The second-order valence-corrected chi connectivity index (χ2v) is 7.63. The monoisotopic (exact) mass is 377 g/mol. The fourth-order valence-corrected chi connectivity index (χ4v) is 3.49. The third-order valence-corrected chi connectivity index (χ3v) is 5.23. The number of anilines is 2. The van der Waals surface area contributed by atoms with Crippen molar-refractivity contribution < 1.29 is 13.3 Å². The lowest BCUT2D eigenvalue weighted by Gasteiger charge is -2.30. The Morgan fingerprint density at radius 1 is 1.12 bits per heavy atom. The average Bonchev–Trinajstić information content (AvgIpc) is 2.53. The lowest BCUT2D eigenvalue weighted by molar-refractivity contribution is 0.185. The molecule has 0 atom stereocenters. The third-order valence-electron chi connectivity index (χ3n) is 3.85. The molecule has 0 amide bonds. The lowest BCUT2D eigenvalue weighted by Crippen LogP contribution is -2.29. The van der Waals surface area contributed by atoms with Crippen molar-refractivity contribution in [2.24, 2.45) is 5.14 Å². The number of rotatable bonds is 10. The van der Waals surface area contributed by atoms with Crippen LogP contribution in [0.5, 0.6) is 0 Å². The van der Waals surface area contributed by atoms with Gasteiger partial charge in [0.05, 0.1) is 23.5 Å². The van der Waals surface area contributed by atoms with Crippen molar-refractivity contribution in [2.45, 2.75) is 44.4 Å². The maximum Gasteiger partial charge on any atom is 0.239 e. The third kappa shape index (κ3) is 5.51. The summed E-state index contributed by atoms with van der Waals surface area (Å²) in [6.45, 7) is 6.01. The fraction of sp³-hybridized carbons (Fsp3) is 0.625. The van der Waals surface area contributed by atoms with Crippen molar-refractivity contribution >= 4 is 33.0 Å². The number of primary sulfonamides is 1. The Labute approximate surface area is 150 Å². The van der Waals surface area contributed by atoms with Crippen molar-refractivity contribution in [3.8, 4) is 0 Å². The van der Waals surface area contributed by atoms with Gasteiger partial charge in [-0.1, -0.05) is 38.3 Å². The zero-order valence-corrected chi connectivity index (χ0v) is 16.5. The van der Waals surface area contributed by atoms with E-state index < -0.39 is 10.0 Å². The molecule has 0 unspecified atom stereocenters. The predicted molar refractivity (Wildman–Crippen MR) is 100 cm³/mol. The number of nitrogens with zero attached hydrogens (tertiary/aromatic N) is 2. The molecular formula is C16H28ClN3O3S. The first-order chi connectivity index (χ1) is 11.3. The summed E-state index contributed by atoms with van der Waals surface area (Å²) >= 11 is 6.20. The number of benzene rings is 1. The number of hydroxylamine groups is 1. The predicted octanol–water partition coefficient (Wildman–Crippen LogP) is 3.39. The Hall–Kier alpha value is -1.02. The molecule has 6 nitrogen and oxygen atoms in total. The van der Waals surface area contributed by atoms with Gasteiger partial charge in [0.25, 0.3) is 0 Å². The maximum atomic E-state index is 11.8. The van der Waals surface area contributed by atoms with Crippen LogP contribution in [-0.4, -0.2) is 35.7 Å². The van der Waals surface area contributed by atoms with Crippen LogP contribution in [0.15, 0.2) is 17.0 Å². The van der Waals surface area contributed by atoms with Gasteiger partial charge in [0.2, 0.25) is 10.0 Å². The van der Waals surface area contributed by atoms with Crippen LogP contribution in [0, 0.1) is 0 Å². The molecule has 0 saturated heterocycles. The molecule has 0 fully saturated rings. The molecule has 8 heteroatoms. The zero-order valence-electron chi connectivity index (χ0n) is 14.9. The van der Waals surface area contributed by atoms with Crippen molar-refractivity contribution in [1.29, 1.82) is 0 Å². The van der Waals surface area contributed by atoms with Gasteiger partial charge < -0.3 is 4.90 Å². The Balaban J connectivity index is 3.43. The minimum absolute atomic E-state index is 0.0993. The van der Waals surface area contributed by atoms with Crippen LogP contribution in [0.3, 0.4) is 0 Å². The van der Waals surface area contributed by atoms with E-state index in [2.05, 4.69) is 18.7 Å². The molecule has 0 aromatic heterocycles. The standard InChI is InChI=1S/C16H28ClN3O3S/c1-5-7-9-20(10-8-6-2)15-11-13(17)16(24(18,21)22)12-14(15)19(3)23-4/h11-12H,5-10H2,1-4H3,(H2,18,21,22). The van der Waals surface area contributed by atoms with Crippen molar-refractivity contribution in [3.63, 3.8) is 0 Å². The van der Waals surface area contributed by atoms with Crippen molar-refractivity contribution in [1.82, 2.24) is 0 Å². The first-order valence-corrected chi connectivity index (χ1v) is 10.1. The van der Waals surface area contributed by atoms with E-state index in [1.165, 1.54) is 18.2 Å². The highest BCUT2D eigenvalue weighted by Crippen LogP contribution is 2.36. The van der Waals surface area contributed by atoms with Gasteiger partial charge in [0.1, 0.15) is 4.90 Å². The quantitative estimate of drug-likeness (QED) is 0.632. The molecule has 0 aliphatic rings. The van der Waals surface area contributed by atoms with Gasteiger partial charge in [-0.25, -0.2) is 13.6 Å². The first-order valence-electron chi connectivity index (χ1n) is 8.15. The molecule has 0 aliphatic heterocycles. The molecule has 1 aromatic carbocycles. The summed E-state index contributed by atoms with van der Waals surface area (Å²) in [5.41, 5.74) is 1.47. The zero-order chi connectivity index (χ0) is 18.3. The van der Waals surface area contributed by atoms with E-state index in [1.807, 2.05) is 0 Å².